The van der Waals surface area contributed by atoms with Crippen LogP contribution in [0.25, 0.3) is 0 Å². The number of anilines is 3. The van der Waals surface area contributed by atoms with Crippen LogP contribution in [-0.4, -0.2) is 17.1 Å². The molecule has 0 unspecified atom stereocenters. The van der Waals surface area contributed by atoms with Crippen LogP contribution < -0.4 is 10.2 Å². The van der Waals surface area contributed by atoms with Crippen molar-refractivity contribution in [1.82, 2.24) is 5.16 Å². The fourth-order valence-electron chi connectivity index (χ4n) is 2.63. The van der Waals surface area contributed by atoms with Crippen molar-refractivity contribution in [1.29, 1.82) is 0 Å². The summed E-state index contributed by atoms with van der Waals surface area (Å²) in [5, 5.41) is 7.13. The average Bonchev–Trinajstić information content (AvgIpc) is 3.04. The van der Waals surface area contributed by atoms with Gasteiger partial charge in [0, 0.05) is 29.2 Å². The van der Waals surface area contributed by atoms with Gasteiger partial charge in [0.05, 0.1) is 5.69 Å². The SMILES string of the molecule is Cc1cc(C(=O)N(c2ccc(Nc3ccccc3)cc2)C(C)C)on1. The number of amides is 1. The molecule has 3 aromatic rings. The van der Waals surface area contributed by atoms with Crippen LogP contribution in [0.2, 0.25) is 0 Å². The summed E-state index contributed by atoms with van der Waals surface area (Å²) in [4.78, 5) is 14.5. The maximum Gasteiger partial charge on any atom is 0.297 e. The van der Waals surface area contributed by atoms with E-state index in [1.54, 1.807) is 17.9 Å². The zero-order valence-electron chi connectivity index (χ0n) is 14.6. The highest BCUT2D eigenvalue weighted by Crippen LogP contribution is 2.24. The summed E-state index contributed by atoms with van der Waals surface area (Å²) in [7, 11) is 0. The lowest BCUT2D eigenvalue weighted by Gasteiger charge is -2.26. The van der Waals surface area contributed by atoms with Gasteiger partial charge in [0.1, 0.15) is 0 Å². The minimum Gasteiger partial charge on any atom is -0.356 e. The topological polar surface area (TPSA) is 58.4 Å². The highest BCUT2D eigenvalue weighted by atomic mass is 16.5. The molecule has 5 nitrogen and oxygen atoms in total. The molecule has 0 saturated heterocycles. The first kappa shape index (κ1) is 16.8. The van der Waals surface area contributed by atoms with E-state index in [9.17, 15) is 4.79 Å². The van der Waals surface area contributed by atoms with Crippen LogP contribution in [0, 0.1) is 6.92 Å². The van der Waals surface area contributed by atoms with Crippen molar-refractivity contribution in [3.05, 3.63) is 72.1 Å². The molecule has 0 bridgehead atoms. The molecule has 0 aliphatic rings. The van der Waals surface area contributed by atoms with E-state index in [2.05, 4.69) is 10.5 Å². The Kier molecular flexibility index (Phi) is 4.84. The lowest BCUT2D eigenvalue weighted by atomic mass is 10.2. The Balaban J connectivity index is 1.81. The van der Waals surface area contributed by atoms with E-state index < -0.39 is 0 Å². The quantitative estimate of drug-likeness (QED) is 0.729. The number of nitrogens with one attached hydrogen (secondary N) is 1. The van der Waals surface area contributed by atoms with Crippen LogP contribution in [0.4, 0.5) is 17.1 Å². The summed E-state index contributed by atoms with van der Waals surface area (Å²) in [6, 6.07) is 19.4. The molecule has 0 radical (unpaired) electrons. The number of hydrogen-bond donors (Lipinski definition) is 1. The minimum atomic E-state index is -0.195. The molecule has 2 aromatic carbocycles. The van der Waals surface area contributed by atoms with Gasteiger partial charge in [-0.15, -0.1) is 0 Å². The van der Waals surface area contributed by atoms with Crippen LogP contribution in [-0.2, 0) is 0 Å². The molecule has 1 N–H and O–H groups in total. The Morgan fingerprint density at radius 3 is 2.24 bits per heavy atom. The molecule has 128 valence electrons. The smallest absolute Gasteiger partial charge is 0.297 e. The molecule has 0 aliphatic heterocycles. The fraction of sp³-hybridized carbons (Fsp3) is 0.200. The lowest BCUT2D eigenvalue weighted by Crippen LogP contribution is -2.36. The molecule has 0 atom stereocenters. The van der Waals surface area contributed by atoms with E-state index in [-0.39, 0.29) is 17.7 Å². The standard InChI is InChI=1S/C20H21N3O2/c1-14(2)23(20(24)19-13-15(3)22-25-19)18-11-9-17(10-12-18)21-16-7-5-4-6-8-16/h4-14,21H,1-3H3. The summed E-state index contributed by atoms with van der Waals surface area (Å²) < 4.78 is 5.13. The van der Waals surface area contributed by atoms with Crippen molar-refractivity contribution >= 4 is 23.0 Å². The Morgan fingerprint density at radius 1 is 1.04 bits per heavy atom. The first-order chi connectivity index (χ1) is 12.0. The molecule has 5 heteroatoms. The number of hydrogen-bond acceptors (Lipinski definition) is 4. The highest BCUT2D eigenvalue weighted by molar-refractivity contribution is 6.04. The number of benzene rings is 2. The van der Waals surface area contributed by atoms with Gasteiger partial charge in [-0.25, -0.2) is 0 Å². The van der Waals surface area contributed by atoms with Gasteiger partial charge in [-0.05, 0) is 57.2 Å². The summed E-state index contributed by atoms with van der Waals surface area (Å²) in [5.41, 5.74) is 3.48. The van der Waals surface area contributed by atoms with Gasteiger partial charge in [-0.2, -0.15) is 0 Å². The zero-order chi connectivity index (χ0) is 17.8. The number of para-hydroxylation sites is 1. The Labute approximate surface area is 147 Å². The first-order valence-electron chi connectivity index (χ1n) is 8.23. The summed E-state index contributed by atoms with van der Waals surface area (Å²) in [6.07, 6.45) is 0. The van der Waals surface area contributed by atoms with Gasteiger partial charge in [0.25, 0.3) is 5.91 Å². The van der Waals surface area contributed by atoms with E-state index in [0.29, 0.717) is 5.69 Å². The number of aryl methyl sites for hydroxylation is 1. The van der Waals surface area contributed by atoms with E-state index in [4.69, 9.17) is 4.52 Å². The maximum absolute atomic E-state index is 12.8. The summed E-state index contributed by atoms with van der Waals surface area (Å²) >= 11 is 0. The molecule has 0 saturated carbocycles. The van der Waals surface area contributed by atoms with Crippen LogP contribution in [0.3, 0.4) is 0 Å². The fourth-order valence-corrected chi connectivity index (χ4v) is 2.63. The van der Waals surface area contributed by atoms with Crippen molar-refractivity contribution in [2.24, 2.45) is 0 Å². The second kappa shape index (κ2) is 7.21. The van der Waals surface area contributed by atoms with Gasteiger partial charge in [0.2, 0.25) is 5.76 Å². The van der Waals surface area contributed by atoms with Gasteiger partial charge in [0.15, 0.2) is 0 Å². The third-order valence-electron chi connectivity index (χ3n) is 3.78. The van der Waals surface area contributed by atoms with Gasteiger partial charge < -0.3 is 14.7 Å². The molecule has 0 aliphatic carbocycles. The van der Waals surface area contributed by atoms with Gasteiger partial charge >= 0.3 is 0 Å². The minimum absolute atomic E-state index is 0.00848. The van der Waals surface area contributed by atoms with Gasteiger partial charge in [-0.3, -0.25) is 4.79 Å². The van der Waals surface area contributed by atoms with Gasteiger partial charge in [-0.1, -0.05) is 23.4 Å². The van der Waals surface area contributed by atoms with E-state index in [1.165, 1.54) is 0 Å². The summed E-state index contributed by atoms with van der Waals surface area (Å²) in [6.45, 7) is 5.73. The van der Waals surface area contributed by atoms with E-state index in [0.717, 1.165) is 17.1 Å². The number of nitrogens with zero attached hydrogens (tertiary/aromatic N) is 2. The van der Waals surface area contributed by atoms with Crippen LogP contribution in [0.15, 0.2) is 65.2 Å². The monoisotopic (exact) mass is 335 g/mol. The van der Waals surface area contributed by atoms with Crippen LogP contribution >= 0.6 is 0 Å². The Bertz CT molecular complexity index is 839. The molecule has 25 heavy (non-hydrogen) atoms. The molecule has 1 amide bonds. The second-order valence-electron chi connectivity index (χ2n) is 6.14. The molecule has 0 fully saturated rings. The van der Waals surface area contributed by atoms with Crippen LogP contribution in [0.1, 0.15) is 30.1 Å². The average molecular weight is 335 g/mol. The van der Waals surface area contributed by atoms with Crippen molar-refractivity contribution in [2.45, 2.75) is 26.8 Å². The molecule has 1 heterocycles. The van der Waals surface area contributed by atoms with Crippen molar-refractivity contribution in [3.63, 3.8) is 0 Å². The molecule has 0 spiro atoms. The zero-order valence-corrected chi connectivity index (χ0v) is 14.6. The lowest BCUT2D eigenvalue weighted by molar-refractivity contribution is 0.0944. The van der Waals surface area contributed by atoms with Crippen molar-refractivity contribution in [2.75, 3.05) is 10.2 Å². The number of aromatic nitrogens is 1. The van der Waals surface area contributed by atoms with Crippen molar-refractivity contribution in [3.8, 4) is 0 Å². The molecule has 1 aromatic heterocycles. The largest absolute Gasteiger partial charge is 0.356 e. The molecular formula is C20H21N3O2. The first-order valence-corrected chi connectivity index (χ1v) is 8.23. The predicted octanol–water partition coefficient (Wildman–Crippen LogP) is 4.78. The summed E-state index contributed by atoms with van der Waals surface area (Å²) in [5.74, 6) is 0.0528. The van der Waals surface area contributed by atoms with E-state index >= 15 is 0 Å². The Hall–Kier alpha value is -3.08. The van der Waals surface area contributed by atoms with E-state index in [1.807, 2.05) is 68.4 Å². The third kappa shape index (κ3) is 3.88. The number of rotatable bonds is 5. The second-order valence-corrected chi connectivity index (χ2v) is 6.14. The normalized spacial score (nSPS) is 10.7. The number of carbonyl (C=O) groups excluding carboxylic acids is 1. The van der Waals surface area contributed by atoms with Crippen LogP contribution in [0.5, 0.6) is 0 Å². The predicted molar refractivity (Wildman–Crippen MR) is 99.4 cm³/mol. The Morgan fingerprint density at radius 2 is 1.68 bits per heavy atom. The molecular weight excluding hydrogens is 314 g/mol. The maximum atomic E-state index is 12.8. The van der Waals surface area contributed by atoms with Crippen molar-refractivity contribution < 1.29 is 9.32 Å². The third-order valence-corrected chi connectivity index (χ3v) is 3.78. The molecule has 3 rings (SSSR count). The highest BCUT2D eigenvalue weighted by Gasteiger charge is 2.24. The number of carbonyl (C=O) groups is 1.